The third kappa shape index (κ3) is 3.91. The highest BCUT2D eigenvalue weighted by molar-refractivity contribution is 7.98. The third-order valence-electron chi connectivity index (χ3n) is 7.46. The fraction of sp³-hybridized carbons (Fsp3) is 0.444. The van der Waals surface area contributed by atoms with Crippen LogP contribution < -0.4 is 10.1 Å². The minimum atomic E-state index is -1.58. The number of hydrogen-bond donors (Lipinski definition) is 3. The Morgan fingerprint density at radius 2 is 1.97 bits per heavy atom. The summed E-state index contributed by atoms with van der Waals surface area (Å²) in [6.07, 6.45) is 5.85. The van der Waals surface area contributed by atoms with E-state index in [2.05, 4.69) is 15.5 Å². The van der Waals surface area contributed by atoms with E-state index >= 15 is 0 Å². The SMILES string of the molecule is CSCCC(N/C(C)=C1\C(=O)C=C2Oc3c(C(C)=O)c(O)c(C)c(O)c3[C@@]2(C)C1=O)c1nc(C2CC2)no1. The first-order valence-corrected chi connectivity index (χ1v) is 13.8. The van der Waals surface area contributed by atoms with Crippen LogP contribution in [0.5, 0.6) is 17.2 Å². The summed E-state index contributed by atoms with van der Waals surface area (Å²) in [5.41, 5.74) is -1.40. The van der Waals surface area contributed by atoms with E-state index in [1.165, 1.54) is 26.8 Å². The van der Waals surface area contributed by atoms with Gasteiger partial charge >= 0.3 is 0 Å². The standard InChI is InChI=1S/C27H29N3O7S/c1-11-21(33)19(13(3)31)23-20(22(11)34)27(4)17(36-23)10-16(32)18(24(27)35)12(2)28-15(8-9-38-5)26-29-25(30-37-26)14-6-7-14/h10,14-15,28,33-34H,6-9H2,1-5H3/b18-12+/t15?,27-/m0/s1. The number of carbonyl (C=O) groups excluding carboxylic acids is 3. The molecule has 2 heterocycles. The molecule has 2 atom stereocenters. The molecule has 1 aliphatic heterocycles. The molecule has 1 aromatic carbocycles. The van der Waals surface area contributed by atoms with Crippen molar-refractivity contribution in [3.05, 3.63) is 51.5 Å². The first-order valence-electron chi connectivity index (χ1n) is 12.4. The number of benzene rings is 1. The molecule has 3 N–H and O–H groups in total. The van der Waals surface area contributed by atoms with Crippen LogP contribution in [-0.4, -0.2) is 49.7 Å². The number of fused-ring (bicyclic) bond motifs is 3. The summed E-state index contributed by atoms with van der Waals surface area (Å²) in [5, 5.41) is 28.9. The number of allylic oxidation sites excluding steroid dienone is 4. The van der Waals surface area contributed by atoms with Gasteiger partial charge in [0.15, 0.2) is 23.2 Å². The molecule has 1 fully saturated rings. The largest absolute Gasteiger partial charge is 0.507 e. The van der Waals surface area contributed by atoms with Gasteiger partial charge in [0, 0.05) is 23.3 Å². The molecule has 11 heteroatoms. The zero-order valence-electron chi connectivity index (χ0n) is 21.8. The first kappa shape index (κ1) is 26.0. The molecule has 2 aromatic rings. The molecule has 0 bridgehead atoms. The van der Waals surface area contributed by atoms with E-state index in [0.29, 0.717) is 29.8 Å². The molecule has 0 radical (unpaired) electrons. The van der Waals surface area contributed by atoms with E-state index < -0.39 is 34.6 Å². The van der Waals surface area contributed by atoms with Crippen LogP contribution in [0.4, 0.5) is 0 Å². The summed E-state index contributed by atoms with van der Waals surface area (Å²) in [6.45, 7) is 5.87. The zero-order chi connectivity index (χ0) is 27.5. The molecule has 1 aromatic heterocycles. The van der Waals surface area contributed by atoms with Crippen LogP contribution in [0.25, 0.3) is 0 Å². The topological polar surface area (TPSA) is 152 Å². The zero-order valence-corrected chi connectivity index (χ0v) is 22.6. The monoisotopic (exact) mass is 539 g/mol. The van der Waals surface area contributed by atoms with Gasteiger partial charge in [-0.2, -0.15) is 16.7 Å². The number of nitrogens with zero attached hydrogens (tertiary/aromatic N) is 2. The molecule has 3 aliphatic rings. The number of carbonyl (C=O) groups is 3. The lowest BCUT2D eigenvalue weighted by molar-refractivity contribution is -0.123. The first-order chi connectivity index (χ1) is 18.0. The van der Waals surface area contributed by atoms with Crippen molar-refractivity contribution in [1.29, 1.82) is 0 Å². The smallest absolute Gasteiger partial charge is 0.249 e. The van der Waals surface area contributed by atoms with Crippen molar-refractivity contribution in [2.24, 2.45) is 0 Å². The summed E-state index contributed by atoms with van der Waals surface area (Å²) >= 11 is 1.64. The van der Waals surface area contributed by atoms with Crippen LogP contribution in [0.15, 0.2) is 27.6 Å². The number of ketones is 3. The van der Waals surface area contributed by atoms with Crippen molar-refractivity contribution < 1.29 is 33.9 Å². The van der Waals surface area contributed by atoms with E-state index in [1.54, 1.807) is 18.7 Å². The van der Waals surface area contributed by atoms with Gasteiger partial charge < -0.3 is 24.8 Å². The number of aromatic hydroxyl groups is 2. The van der Waals surface area contributed by atoms with Crippen molar-refractivity contribution in [3.63, 3.8) is 0 Å². The number of phenols is 2. The summed E-state index contributed by atoms with van der Waals surface area (Å²) in [4.78, 5) is 44.2. The van der Waals surface area contributed by atoms with Crippen LogP contribution >= 0.6 is 11.8 Å². The third-order valence-corrected chi connectivity index (χ3v) is 8.10. The van der Waals surface area contributed by atoms with Gasteiger partial charge in [-0.25, -0.2) is 0 Å². The van der Waals surface area contributed by atoms with Crippen LogP contribution in [0, 0.1) is 6.92 Å². The van der Waals surface area contributed by atoms with E-state index in [1.807, 2.05) is 6.26 Å². The maximum atomic E-state index is 14.1. The number of hydrogen-bond acceptors (Lipinski definition) is 11. The van der Waals surface area contributed by atoms with Crippen molar-refractivity contribution in [3.8, 4) is 17.2 Å². The lowest BCUT2D eigenvalue weighted by Gasteiger charge is -2.29. The molecule has 1 unspecified atom stereocenters. The van der Waals surface area contributed by atoms with E-state index in [0.717, 1.165) is 18.6 Å². The second kappa shape index (κ2) is 9.30. The molecule has 5 rings (SSSR count). The number of aromatic nitrogens is 2. The number of rotatable bonds is 8. The van der Waals surface area contributed by atoms with Gasteiger partial charge in [0.05, 0.1) is 11.1 Å². The Morgan fingerprint density at radius 3 is 2.61 bits per heavy atom. The Bertz CT molecular complexity index is 1450. The predicted molar refractivity (Wildman–Crippen MR) is 138 cm³/mol. The normalized spacial score (nSPS) is 22.4. The molecule has 10 nitrogen and oxygen atoms in total. The molecular weight excluding hydrogens is 510 g/mol. The lowest BCUT2D eigenvalue weighted by atomic mass is 9.70. The molecule has 38 heavy (non-hydrogen) atoms. The Hall–Kier alpha value is -3.60. The van der Waals surface area contributed by atoms with Gasteiger partial charge in [0.2, 0.25) is 5.89 Å². The highest BCUT2D eigenvalue weighted by atomic mass is 32.2. The van der Waals surface area contributed by atoms with Crippen molar-refractivity contribution in [2.75, 3.05) is 12.0 Å². The van der Waals surface area contributed by atoms with Crippen molar-refractivity contribution in [1.82, 2.24) is 15.5 Å². The summed E-state index contributed by atoms with van der Waals surface area (Å²) in [7, 11) is 0. The molecule has 0 amide bonds. The fourth-order valence-electron chi connectivity index (χ4n) is 5.09. The van der Waals surface area contributed by atoms with Gasteiger partial charge in [0.1, 0.15) is 40.0 Å². The quantitative estimate of drug-likeness (QED) is 0.254. The Labute approximate surface area is 223 Å². The molecule has 0 saturated heterocycles. The van der Waals surface area contributed by atoms with Crippen molar-refractivity contribution in [2.45, 2.75) is 64.3 Å². The highest BCUT2D eigenvalue weighted by Gasteiger charge is 2.56. The average molecular weight is 540 g/mol. The summed E-state index contributed by atoms with van der Waals surface area (Å²) in [5.74, 6) is -0.425. The number of phenolic OH excluding ortho intramolecular Hbond substituents is 2. The minimum Gasteiger partial charge on any atom is -0.507 e. The van der Waals surface area contributed by atoms with E-state index in [9.17, 15) is 24.6 Å². The van der Waals surface area contributed by atoms with Crippen LogP contribution in [0.2, 0.25) is 0 Å². The Morgan fingerprint density at radius 1 is 1.26 bits per heavy atom. The maximum absolute atomic E-state index is 14.1. The second-order valence-electron chi connectivity index (χ2n) is 10.1. The van der Waals surface area contributed by atoms with Gasteiger partial charge in [-0.1, -0.05) is 5.16 Å². The van der Waals surface area contributed by atoms with E-state index in [-0.39, 0.29) is 39.5 Å². The maximum Gasteiger partial charge on any atom is 0.249 e. The number of ether oxygens (including phenoxy) is 1. The van der Waals surface area contributed by atoms with Crippen molar-refractivity contribution >= 4 is 29.1 Å². The summed E-state index contributed by atoms with van der Waals surface area (Å²) < 4.78 is 11.4. The second-order valence-corrected chi connectivity index (χ2v) is 11.1. The highest BCUT2D eigenvalue weighted by Crippen LogP contribution is 2.57. The van der Waals surface area contributed by atoms with E-state index in [4.69, 9.17) is 9.26 Å². The van der Waals surface area contributed by atoms with Gasteiger partial charge in [-0.3, -0.25) is 14.4 Å². The number of nitrogens with one attached hydrogen (secondary N) is 1. The van der Waals surface area contributed by atoms with Gasteiger partial charge in [-0.05, 0) is 59.0 Å². The molecule has 1 saturated carbocycles. The number of thioether (sulfide) groups is 1. The average Bonchev–Trinajstić information content (AvgIpc) is 3.51. The van der Waals surface area contributed by atoms with Crippen LogP contribution in [-0.2, 0) is 15.0 Å². The van der Waals surface area contributed by atoms with Gasteiger partial charge in [0.25, 0.3) is 0 Å². The minimum absolute atomic E-state index is 0.00763. The Balaban J connectivity index is 1.57. The molecule has 2 aliphatic carbocycles. The fourth-order valence-corrected chi connectivity index (χ4v) is 5.56. The van der Waals surface area contributed by atoms with Crippen LogP contribution in [0.1, 0.15) is 85.2 Å². The molecular formula is C27H29N3O7S. The van der Waals surface area contributed by atoms with Crippen LogP contribution in [0.3, 0.4) is 0 Å². The summed E-state index contributed by atoms with van der Waals surface area (Å²) in [6, 6.07) is -0.419. The number of Topliss-reactive ketones (excluding diaryl/α,β-unsaturated/α-hetero) is 2. The van der Waals surface area contributed by atoms with Gasteiger partial charge in [-0.15, -0.1) is 0 Å². The molecule has 200 valence electrons. The molecule has 0 spiro atoms. The Kier molecular flexibility index (Phi) is 6.37. The lowest BCUT2D eigenvalue weighted by Crippen LogP contribution is -2.41. The predicted octanol–water partition coefficient (Wildman–Crippen LogP) is 3.91.